The minimum Gasteiger partial charge on any atom is -0.354 e. The number of carbonyl (C=O) groups is 2. The Bertz CT molecular complexity index is 889. The highest BCUT2D eigenvalue weighted by Crippen LogP contribution is 2.27. The molecule has 2 amide bonds. The first-order valence-corrected chi connectivity index (χ1v) is 12.5. The van der Waals surface area contributed by atoms with Crippen LogP contribution in [0.2, 0.25) is 10.0 Å². The van der Waals surface area contributed by atoms with E-state index in [2.05, 4.69) is 5.32 Å². The van der Waals surface area contributed by atoms with Gasteiger partial charge in [-0.2, -0.15) is 0 Å². The lowest BCUT2D eigenvalue weighted by molar-refractivity contribution is -0.139. The molecule has 8 heteroatoms. The fraction of sp³-hybridized carbons (Fsp3) is 0.417. The highest BCUT2D eigenvalue weighted by atomic mass is 35.5. The summed E-state index contributed by atoms with van der Waals surface area (Å²) in [6.45, 7) is 6.57. The number of nitrogens with one attached hydrogen (secondary N) is 1. The average Bonchev–Trinajstić information content (AvgIpc) is 2.75. The van der Waals surface area contributed by atoms with Gasteiger partial charge in [-0.1, -0.05) is 62.2 Å². The summed E-state index contributed by atoms with van der Waals surface area (Å²) in [6.07, 6.45) is 0.459. The topological polar surface area (TPSA) is 49.4 Å². The first kappa shape index (κ1) is 26.5. The molecule has 0 aliphatic heterocycles. The number of nitrogens with zero attached hydrogens (tertiary/aromatic N) is 1. The van der Waals surface area contributed by atoms with Crippen LogP contribution in [-0.4, -0.2) is 35.1 Å². The highest BCUT2D eigenvalue weighted by molar-refractivity contribution is 7.99. The van der Waals surface area contributed by atoms with Crippen molar-refractivity contribution in [3.05, 3.63) is 69.5 Å². The Kier molecular flexibility index (Phi) is 10.8. The van der Waals surface area contributed by atoms with Gasteiger partial charge < -0.3 is 10.2 Å². The van der Waals surface area contributed by atoms with Crippen molar-refractivity contribution in [3.8, 4) is 0 Å². The summed E-state index contributed by atoms with van der Waals surface area (Å²) >= 11 is 14.1. The van der Waals surface area contributed by atoms with Gasteiger partial charge in [-0.3, -0.25) is 9.59 Å². The molecule has 32 heavy (non-hydrogen) atoms. The average molecular weight is 499 g/mol. The molecule has 0 spiro atoms. The largest absolute Gasteiger partial charge is 0.354 e. The number of hydrogen-bond donors (Lipinski definition) is 1. The third kappa shape index (κ3) is 7.98. The van der Waals surface area contributed by atoms with Crippen LogP contribution in [0.4, 0.5) is 4.39 Å². The van der Waals surface area contributed by atoms with Gasteiger partial charge in [0.2, 0.25) is 11.8 Å². The van der Waals surface area contributed by atoms with E-state index >= 15 is 0 Å². The third-order valence-corrected chi connectivity index (χ3v) is 6.56. The molecule has 0 saturated heterocycles. The van der Waals surface area contributed by atoms with Crippen molar-refractivity contribution < 1.29 is 14.0 Å². The minimum atomic E-state index is -0.639. The maximum atomic E-state index is 13.2. The van der Waals surface area contributed by atoms with Crippen LogP contribution in [0.15, 0.2) is 42.5 Å². The Morgan fingerprint density at radius 3 is 2.28 bits per heavy atom. The molecule has 0 fully saturated rings. The highest BCUT2D eigenvalue weighted by Gasteiger charge is 2.29. The smallest absolute Gasteiger partial charge is 0.242 e. The van der Waals surface area contributed by atoms with E-state index in [0.717, 1.165) is 5.56 Å². The Morgan fingerprint density at radius 1 is 1.09 bits per heavy atom. The Balaban J connectivity index is 2.18. The normalized spacial score (nSPS) is 12.0. The first-order chi connectivity index (χ1) is 15.2. The standard InChI is InChI=1S/C24H29Cl2FN2O2S/c1-4-22(24(31)28-12-16(2)3)29(13-19-20(25)6-5-7-21(19)26)23(30)15-32-14-17-8-10-18(27)11-9-17/h5-11,16,22H,4,12-15H2,1-3H3,(H,28,31). The van der Waals surface area contributed by atoms with Gasteiger partial charge in [0.05, 0.1) is 5.75 Å². The van der Waals surface area contributed by atoms with Crippen molar-refractivity contribution in [2.45, 2.75) is 45.5 Å². The lowest BCUT2D eigenvalue weighted by Crippen LogP contribution is -2.50. The van der Waals surface area contributed by atoms with E-state index in [1.165, 1.54) is 23.9 Å². The molecule has 0 radical (unpaired) electrons. The number of amides is 2. The molecule has 1 unspecified atom stereocenters. The molecular weight excluding hydrogens is 470 g/mol. The summed E-state index contributed by atoms with van der Waals surface area (Å²) in [5, 5.41) is 3.83. The predicted octanol–water partition coefficient (Wildman–Crippen LogP) is 5.95. The SMILES string of the molecule is CCC(C(=O)NCC(C)C)N(Cc1c(Cl)cccc1Cl)C(=O)CSCc1ccc(F)cc1. The zero-order valence-corrected chi connectivity index (χ0v) is 20.9. The van der Waals surface area contributed by atoms with Crippen LogP contribution in [0.1, 0.15) is 38.3 Å². The lowest BCUT2D eigenvalue weighted by atomic mass is 10.1. The molecule has 1 atom stereocenters. The molecule has 0 aliphatic rings. The quantitative estimate of drug-likeness (QED) is 0.416. The number of carbonyl (C=O) groups excluding carboxylic acids is 2. The van der Waals surface area contributed by atoms with Crippen LogP contribution < -0.4 is 5.32 Å². The third-order valence-electron chi connectivity index (χ3n) is 4.87. The summed E-state index contributed by atoms with van der Waals surface area (Å²) in [7, 11) is 0. The van der Waals surface area contributed by atoms with Gasteiger partial charge in [-0.05, 0) is 42.2 Å². The van der Waals surface area contributed by atoms with Gasteiger partial charge in [0, 0.05) is 34.5 Å². The van der Waals surface area contributed by atoms with Crippen molar-refractivity contribution in [1.29, 1.82) is 0 Å². The molecule has 4 nitrogen and oxygen atoms in total. The lowest BCUT2D eigenvalue weighted by Gasteiger charge is -2.31. The van der Waals surface area contributed by atoms with E-state index in [0.29, 0.717) is 40.2 Å². The molecule has 2 aromatic rings. The second-order valence-corrected chi connectivity index (χ2v) is 9.70. The van der Waals surface area contributed by atoms with Crippen LogP contribution >= 0.6 is 35.0 Å². The van der Waals surface area contributed by atoms with Crippen LogP contribution in [0, 0.1) is 11.7 Å². The Labute approximate surface area is 203 Å². The van der Waals surface area contributed by atoms with E-state index in [1.54, 1.807) is 35.2 Å². The maximum absolute atomic E-state index is 13.2. The van der Waals surface area contributed by atoms with Gasteiger partial charge in [-0.15, -0.1) is 11.8 Å². The molecule has 2 aromatic carbocycles. The van der Waals surface area contributed by atoms with Gasteiger partial charge in [0.15, 0.2) is 0 Å². The molecule has 174 valence electrons. The van der Waals surface area contributed by atoms with Crippen LogP contribution in [0.25, 0.3) is 0 Å². The van der Waals surface area contributed by atoms with Gasteiger partial charge in [-0.25, -0.2) is 4.39 Å². The Hall–Kier alpha value is -1.76. The second-order valence-electron chi connectivity index (χ2n) is 7.90. The van der Waals surface area contributed by atoms with E-state index in [-0.39, 0.29) is 29.9 Å². The molecule has 0 aliphatic carbocycles. The van der Waals surface area contributed by atoms with Crippen LogP contribution in [-0.2, 0) is 21.9 Å². The van der Waals surface area contributed by atoms with Crippen LogP contribution in [0.3, 0.4) is 0 Å². The van der Waals surface area contributed by atoms with Crippen molar-refractivity contribution in [2.24, 2.45) is 5.92 Å². The summed E-state index contributed by atoms with van der Waals surface area (Å²) in [5.74, 6) is 0.359. The van der Waals surface area contributed by atoms with Crippen LogP contribution in [0.5, 0.6) is 0 Å². The van der Waals surface area contributed by atoms with Crippen molar-refractivity contribution >= 4 is 46.8 Å². The van der Waals surface area contributed by atoms with Gasteiger partial charge in [0.1, 0.15) is 11.9 Å². The molecule has 1 N–H and O–H groups in total. The van der Waals surface area contributed by atoms with Gasteiger partial charge in [0.25, 0.3) is 0 Å². The van der Waals surface area contributed by atoms with E-state index in [4.69, 9.17) is 23.2 Å². The van der Waals surface area contributed by atoms with E-state index in [9.17, 15) is 14.0 Å². The zero-order valence-electron chi connectivity index (χ0n) is 18.5. The van der Waals surface area contributed by atoms with Crippen molar-refractivity contribution in [1.82, 2.24) is 10.2 Å². The van der Waals surface area contributed by atoms with Crippen molar-refractivity contribution in [2.75, 3.05) is 12.3 Å². The summed E-state index contributed by atoms with van der Waals surface area (Å²) in [4.78, 5) is 27.7. The minimum absolute atomic E-state index is 0.141. The first-order valence-electron chi connectivity index (χ1n) is 10.5. The summed E-state index contributed by atoms with van der Waals surface area (Å²) in [5.41, 5.74) is 1.54. The van der Waals surface area contributed by atoms with Gasteiger partial charge >= 0.3 is 0 Å². The summed E-state index contributed by atoms with van der Waals surface area (Å²) in [6, 6.07) is 10.7. The number of benzene rings is 2. The predicted molar refractivity (Wildman–Crippen MR) is 132 cm³/mol. The fourth-order valence-corrected chi connectivity index (χ4v) is 4.50. The maximum Gasteiger partial charge on any atom is 0.242 e. The number of halogens is 3. The molecule has 2 rings (SSSR count). The Morgan fingerprint density at radius 2 is 1.72 bits per heavy atom. The monoisotopic (exact) mass is 498 g/mol. The molecule has 0 heterocycles. The number of rotatable bonds is 11. The summed E-state index contributed by atoms with van der Waals surface area (Å²) < 4.78 is 13.1. The number of hydrogen-bond acceptors (Lipinski definition) is 3. The molecule has 0 saturated carbocycles. The second kappa shape index (κ2) is 13.1. The fourth-order valence-electron chi connectivity index (χ4n) is 3.12. The number of thioether (sulfide) groups is 1. The molecular formula is C24H29Cl2FN2O2S. The molecule has 0 aromatic heterocycles. The van der Waals surface area contributed by atoms with E-state index < -0.39 is 6.04 Å². The zero-order chi connectivity index (χ0) is 23.7. The van der Waals surface area contributed by atoms with E-state index in [1.807, 2.05) is 20.8 Å². The molecule has 0 bridgehead atoms. The van der Waals surface area contributed by atoms with Crippen molar-refractivity contribution in [3.63, 3.8) is 0 Å².